The molecule has 0 atom stereocenters. The maximum atomic E-state index is 13.9. The Morgan fingerprint density at radius 1 is 1.22 bits per heavy atom. The summed E-state index contributed by atoms with van der Waals surface area (Å²) in [6.07, 6.45) is 3.11. The first-order valence-electron chi connectivity index (χ1n) is 8.37. The summed E-state index contributed by atoms with van der Waals surface area (Å²) in [4.78, 5) is 1.91. The molecule has 0 amide bonds. The van der Waals surface area contributed by atoms with Crippen molar-refractivity contribution in [3.8, 4) is 22.5 Å². The van der Waals surface area contributed by atoms with Gasteiger partial charge < -0.3 is 9.47 Å². The first-order chi connectivity index (χ1) is 13.0. The van der Waals surface area contributed by atoms with Crippen molar-refractivity contribution in [3.63, 3.8) is 0 Å². The smallest absolute Gasteiger partial charge is 0.164 e. The van der Waals surface area contributed by atoms with E-state index in [-0.39, 0.29) is 5.82 Å². The summed E-state index contributed by atoms with van der Waals surface area (Å²) in [5.74, 6) is 1.03. The fraction of sp³-hybridized carbons (Fsp3) is 0.150. The Kier molecular flexibility index (Phi) is 5.30. The van der Waals surface area contributed by atoms with Gasteiger partial charge in [-0.15, -0.1) is 10.2 Å². The maximum absolute atomic E-state index is 13.9. The van der Waals surface area contributed by atoms with E-state index in [2.05, 4.69) is 27.3 Å². The first-order valence-corrected chi connectivity index (χ1v) is 8.37. The van der Waals surface area contributed by atoms with Crippen LogP contribution in [0.25, 0.3) is 22.5 Å². The van der Waals surface area contributed by atoms with Gasteiger partial charge in [0.15, 0.2) is 11.7 Å². The second kappa shape index (κ2) is 7.82. The lowest BCUT2D eigenvalue weighted by atomic mass is 9.97. The largest absolute Gasteiger partial charge is 0.361 e. The molecule has 0 fully saturated rings. The lowest BCUT2D eigenvalue weighted by Crippen LogP contribution is -2.25. The number of halogens is 1. The zero-order chi connectivity index (χ0) is 19.4. The molecule has 0 spiro atoms. The average molecular weight is 364 g/mol. The summed E-state index contributed by atoms with van der Waals surface area (Å²) in [5.41, 5.74) is 6.17. The predicted molar refractivity (Wildman–Crippen MR) is 105 cm³/mol. The quantitative estimate of drug-likeness (QED) is 0.429. The van der Waals surface area contributed by atoms with Gasteiger partial charge in [-0.2, -0.15) is 5.10 Å². The minimum absolute atomic E-state index is 0.321. The number of hydrogen-bond donors (Lipinski definition) is 1. The third-order valence-corrected chi connectivity index (χ3v) is 4.05. The van der Waals surface area contributed by atoms with E-state index in [0.29, 0.717) is 11.4 Å². The van der Waals surface area contributed by atoms with Crippen LogP contribution in [0.4, 0.5) is 4.39 Å². The van der Waals surface area contributed by atoms with Crippen LogP contribution >= 0.6 is 0 Å². The van der Waals surface area contributed by atoms with Crippen LogP contribution in [0.15, 0.2) is 66.7 Å². The molecule has 3 rings (SSSR count). The summed E-state index contributed by atoms with van der Waals surface area (Å²) >= 11 is 0. The van der Waals surface area contributed by atoms with E-state index in [1.165, 1.54) is 18.3 Å². The van der Waals surface area contributed by atoms with Crippen molar-refractivity contribution < 1.29 is 4.39 Å². The minimum Gasteiger partial charge on any atom is -0.361 e. The van der Waals surface area contributed by atoms with Gasteiger partial charge in [-0.3, -0.25) is 5.43 Å². The molecule has 1 heterocycles. The number of amidine groups is 1. The van der Waals surface area contributed by atoms with Crippen LogP contribution in [0, 0.1) is 5.82 Å². The van der Waals surface area contributed by atoms with E-state index in [4.69, 9.17) is 0 Å². The molecule has 0 unspecified atom stereocenters. The van der Waals surface area contributed by atoms with Crippen molar-refractivity contribution in [2.45, 2.75) is 0 Å². The molecule has 7 heteroatoms. The fourth-order valence-electron chi connectivity index (χ4n) is 2.84. The SMILES string of the molecule is C=CN/N=C(/c1cccc(-c2ccc(F)cc2-c2nncn2C)c1)N(C)C. The number of benzene rings is 2. The molecule has 3 aromatic rings. The van der Waals surface area contributed by atoms with Gasteiger partial charge in [0.2, 0.25) is 0 Å². The number of aryl methyl sites for hydroxylation is 1. The molecule has 0 aliphatic heterocycles. The normalized spacial score (nSPS) is 11.3. The van der Waals surface area contributed by atoms with Crippen LogP contribution in [0.3, 0.4) is 0 Å². The summed E-state index contributed by atoms with van der Waals surface area (Å²) in [6, 6.07) is 12.6. The Hall–Kier alpha value is -3.48. The molecule has 0 aliphatic rings. The highest BCUT2D eigenvalue weighted by molar-refractivity contribution is 5.99. The number of hydrogen-bond acceptors (Lipinski definition) is 4. The minimum atomic E-state index is -0.321. The lowest BCUT2D eigenvalue weighted by molar-refractivity contribution is 0.615. The van der Waals surface area contributed by atoms with Gasteiger partial charge in [-0.05, 0) is 29.3 Å². The maximum Gasteiger partial charge on any atom is 0.164 e. The van der Waals surface area contributed by atoms with E-state index < -0.39 is 0 Å². The molecular weight excluding hydrogens is 343 g/mol. The van der Waals surface area contributed by atoms with Crippen LogP contribution in [-0.2, 0) is 7.05 Å². The van der Waals surface area contributed by atoms with Gasteiger partial charge in [-0.1, -0.05) is 30.8 Å². The highest BCUT2D eigenvalue weighted by Crippen LogP contribution is 2.32. The average Bonchev–Trinajstić information content (AvgIpc) is 3.08. The molecule has 0 bridgehead atoms. The molecule has 2 aromatic carbocycles. The van der Waals surface area contributed by atoms with Gasteiger partial charge in [0.1, 0.15) is 12.1 Å². The lowest BCUT2D eigenvalue weighted by Gasteiger charge is -2.17. The Labute approximate surface area is 157 Å². The van der Waals surface area contributed by atoms with Gasteiger partial charge in [-0.25, -0.2) is 4.39 Å². The topological polar surface area (TPSA) is 58.3 Å². The summed E-state index contributed by atoms with van der Waals surface area (Å²) in [7, 11) is 5.66. The summed E-state index contributed by atoms with van der Waals surface area (Å²) in [6.45, 7) is 3.62. The monoisotopic (exact) mass is 364 g/mol. The number of hydrazone groups is 1. The Morgan fingerprint density at radius 2 is 2.04 bits per heavy atom. The second-order valence-corrected chi connectivity index (χ2v) is 6.20. The summed E-state index contributed by atoms with van der Waals surface area (Å²) in [5, 5.41) is 12.4. The van der Waals surface area contributed by atoms with Crippen molar-refractivity contribution in [3.05, 3.63) is 73.0 Å². The van der Waals surface area contributed by atoms with E-state index in [0.717, 1.165) is 22.5 Å². The van der Waals surface area contributed by atoms with Crippen LogP contribution in [0.2, 0.25) is 0 Å². The molecule has 1 aromatic heterocycles. The third kappa shape index (κ3) is 3.87. The fourth-order valence-corrected chi connectivity index (χ4v) is 2.84. The van der Waals surface area contributed by atoms with Crippen molar-refractivity contribution in [2.24, 2.45) is 12.1 Å². The van der Waals surface area contributed by atoms with E-state index in [1.807, 2.05) is 50.3 Å². The van der Waals surface area contributed by atoms with E-state index >= 15 is 0 Å². The van der Waals surface area contributed by atoms with Gasteiger partial charge >= 0.3 is 0 Å². The van der Waals surface area contributed by atoms with Gasteiger partial charge in [0, 0.05) is 38.5 Å². The molecule has 0 saturated carbocycles. The summed E-state index contributed by atoms with van der Waals surface area (Å²) < 4.78 is 15.7. The zero-order valence-corrected chi connectivity index (χ0v) is 15.5. The highest BCUT2D eigenvalue weighted by Gasteiger charge is 2.15. The van der Waals surface area contributed by atoms with E-state index in [9.17, 15) is 4.39 Å². The Bertz CT molecular complexity index is 990. The van der Waals surface area contributed by atoms with Crippen molar-refractivity contribution in [1.29, 1.82) is 0 Å². The van der Waals surface area contributed by atoms with Gasteiger partial charge in [0.05, 0.1) is 0 Å². The van der Waals surface area contributed by atoms with Gasteiger partial charge in [0.25, 0.3) is 0 Å². The Balaban J connectivity index is 2.14. The molecule has 0 radical (unpaired) electrons. The molecule has 138 valence electrons. The number of nitrogens with one attached hydrogen (secondary N) is 1. The second-order valence-electron chi connectivity index (χ2n) is 6.20. The predicted octanol–water partition coefficient (Wildman–Crippen LogP) is 3.24. The zero-order valence-electron chi connectivity index (χ0n) is 15.5. The standard InChI is InChI=1S/C20H21FN6/c1-5-22-24-19(26(2)3)15-8-6-7-14(11-15)17-10-9-16(21)12-18(17)20-25-23-13-27(20)4/h5-13,22H,1H2,2-4H3/b24-19-. The first kappa shape index (κ1) is 18.3. The molecule has 0 aliphatic carbocycles. The molecule has 0 saturated heterocycles. The van der Waals surface area contributed by atoms with Crippen molar-refractivity contribution in [2.75, 3.05) is 14.1 Å². The number of nitrogens with zero attached hydrogens (tertiary/aromatic N) is 5. The molecule has 1 N–H and O–H groups in total. The van der Waals surface area contributed by atoms with E-state index in [1.54, 1.807) is 17.0 Å². The van der Waals surface area contributed by atoms with Crippen LogP contribution in [0.1, 0.15) is 5.56 Å². The molecule has 27 heavy (non-hydrogen) atoms. The van der Waals surface area contributed by atoms with Crippen LogP contribution < -0.4 is 5.43 Å². The van der Waals surface area contributed by atoms with Crippen LogP contribution in [-0.4, -0.2) is 39.6 Å². The molecular formula is C20H21FN6. The van der Waals surface area contributed by atoms with Crippen molar-refractivity contribution >= 4 is 5.84 Å². The third-order valence-electron chi connectivity index (χ3n) is 4.05. The molecule has 6 nitrogen and oxygen atoms in total. The van der Waals surface area contributed by atoms with Crippen molar-refractivity contribution in [1.82, 2.24) is 25.1 Å². The number of rotatable bonds is 5. The van der Waals surface area contributed by atoms with Crippen LogP contribution in [0.5, 0.6) is 0 Å². The number of aromatic nitrogens is 3. The highest BCUT2D eigenvalue weighted by atomic mass is 19.1. The Morgan fingerprint density at radius 3 is 2.70 bits per heavy atom.